The number of hydrogen-bond acceptors (Lipinski definition) is 7. The summed E-state index contributed by atoms with van der Waals surface area (Å²) in [6.45, 7) is 2.17. The number of piperidine rings is 1. The second kappa shape index (κ2) is 9.84. The number of pyridine rings is 2. The Bertz CT molecular complexity index is 1530. The first kappa shape index (κ1) is 27.0. The highest BCUT2D eigenvalue weighted by atomic mass is 32.2. The smallest absolute Gasteiger partial charge is 0.294 e. The van der Waals surface area contributed by atoms with E-state index in [2.05, 4.69) is 21.1 Å². The number of ketones is 1. The highest BCUT2D eigenvalue weighted by Gasteiger charge is 2.45. The second-order valence-corrected chi connectivity index (χ2v) is 12.2. The summed E-state index contributed by atoms with van der Waals surface area (Å²) in [5, 5.41) is 13.8. The molecule has 1 aliphatic heterocycles. The zero-order valence-corrected chi connectivity index (χ0v) is 21.8. The van der Waals surface area contributed by atoms with E-state index >= 15 is 0 Å². The zero-order chi connectivity index (χ0) is 28.0. The van der Waals surface area contributed by atoms with E-state index in [0.29, 0.717) is 48.2 Å². The van der Waals surface area contributed by atoms with E-state index < -0.39 is 27.2 Å². The van der Waals surface area contributed by atoms with Gasteiger partial charge in [0.25, 0.3) is 0 Å². The molecule has 2 fully saturated rings. The molecule has 0 spiro atoms. The van der Waals surface area contributed by atoms with Crippen LogP contribution in [0.1, 0.15) is 58.6 Å². The molecule has 0 N–H and O–H groups in total. The summed E-state index contributed by atoms with van der Waals surface area (Å²) in [7, 11) is -3.29. The number of Topliss-reactive ketones (excluding diaryl/α,β-unsaturated/α-hetero) is 1. The van der Waals surface area contributed by atoms with Crippen LogP contribution in [-0.4, -0.2) is 56.6 Å². The van der Waals surface area contributed by atoms with Crippen LogP contribution in [0.15, 0.2) is 42.9 Å². The number of sulfonamides is 1. The normalized spacial score (nSPS) is 18.0. The minimum absolute atomic E-state index is 0.00716. The third-order valence-corrected chi connectivity index (χ3v) is 9.78. The standard InChI is InChI=1S/C26H25F3N6O3S/c1-17-21(15-33-35(17)24-7-3-19(14-32-24)26(27,28)29)22(36)12-18-2-6-23(31-13-18)25(16-30)8-10-34(11-9-25)39(37,38)20-4-5-20/h2-3,6-7,13-15,20H,4-5,8-12H2,1H3. The molecular formula is C26H25F3N6O3S. The highest BCUT2D eigenvalue weighted by Crippen LogP contribution is 2.38. The lowest BCUT2D eigenvalue weighted by Gasteiger charge is -2.36. The summed E-state index contributed by atoms with van der Waals surface area (Å²) in [6.07, 6.45) is 1.18. The molecule has 0 amide bonds. The third-order valence-electron chi connectivity index (χ3n) is 7.38. The van der Waals surface area contributed by atoms with Crippen LogP contribution < -0.4 is 0 Å². The van der Waals surface area contributed by atoms with Crippen molar-refractivity contribution in [3.63, 3.8) is 0 Å². The molecule has 1 saturated carbocycles. The average Bonchev–Trinajstić information content (AvgIpc) is 3.71. The molecule has 13 heteroatoms. The van der Waals surface area contributed by atoms with Gasteiger partial charge in [0.2, 0.25) is 10.0 Å². The lowest BCUT2D eigenvalue weighted by atomic mass is 9.77. The van der Waals surface area contributed by atoms with Crippen molar-refractivity contribution in [2.24, 2.45) is 0 Å². The summed E-state index contributed by atoms with van der Waals surface area (Å²) in [4.78, 5) is 21.3. The summed E-state index contributed by atoms with van der Waals surface area (Å²) < 4.78 is 66.4. The van der Waals surface area contributed by atoms with Gasteiger partial charge in [0.15, 0.2) is 11.6 Å². The summed E-state index contributed by atoms with van der Waals surface area (Å²) in [5.41, 5.74) is 0.124. The van der Waals surface area contributed by atoms with E-state index in [0.717, 1.165) is 12.3 Å². The van der Waals surface area contributed by atoms with E-state index in [1.54, 1.807) is 19.1 Å². The van der Waals surface area contributed by atoms with Gasteiger partial charge >= 0.3 is 6.18 Å². The predicted octanol–water partition coefficient (Wildman–Crippen LogP) is 3.76. The number of carbonyl (C=O) groups excluding carboxylic acids is 1. The molecule has 204 valence electrons. The Hall–Kier alpha value is -3.63. The maximum absolute atomic E-state index is 13.0. The van der Waals surface area contributed by atoms with E-state index in [-0.39, 0.29) is 36.4 Å². The van der Waals surface area contributed by atoms with E-state index in [4.69, 9.17) is 0 Å². The number of alkyl halides is 3. The fourth-order valence-electron chi connectivity index (χ4n) is 4.81. The van der Waals surface area contributed by atoms with Gasteiger partial charge in [-0.05, 0) is 56.4 Å². The molecule has 3 aromatic heterocycles. The lowest BCUT2D eigenvalue weighted by molar-refractivity contribution is -0.137. The zero-order valence-electron chi connectivity index (χ0n) is 21.0. The first-order valence-corrected chi connectivity index (χ1v) is 13.9. The molecule has 0 aromatic carbocycles. The number of rotatable bonds is 7. The number of nitriles is 1. The molecule has 1 aliphatic carbocycles. The van der Waals surface area contributed by atoms with Gasteiger partial charge in [0, 0.05) is 31.9 Å². The minimum atomic E-state index is -4.50. The van der Waals surface area contributed by atoms with Crippen LogP contribution in [0, 0.1) is 18.3 Å². The Morgan fingerprint density at radius 2 is 1.82 bits per heavy atom. The largest absolute Gasteiger partial charge is 0.417 e. The molecular weight excluding hydrogens is 533 g/mol. The molecule has 0 atom stereocenters. The molecule has 2 aliphatic rings. The number of carbonyl (C=O) groups is 1. The van der Waals surface area contributed by atoms with Crippen LogP contribution in [-0.2, 0) is 28.0 Å². The Balaban J connectivity index is 1.26. The van der Waals surface area contributed by atoms with Crippen molar-refractivity contribution in [2.45, 2.75) is 55.9 Å². The van der Waals surface area contributed by atoms with Gasteiger partial charge < -0.3 is 0 Å². The van der Waals surface area contributed by atoms with Crippen LogP contribution in [0.5, 0.6) is 0 Å². The van der Waals surface area contributed by atoms with Crippen LogP contribution in [0.3, 0.4) is 0 Å². The SMILES string of the molecule is Cc1c(C(=O)Cc2ccc(C3(C#N)CCN(S(=O)(=O)C4CC4)CC3)nc2)cnn1-c1ccc(C(F)(F)F)cn1. The first-order chi connectivity index (χ1) is 18.4. The highest BCUT2D eigenvalue weighted by molar-refractivity contribution is 7.90. The van der Waals surface area contributed by atoms with Gasteiger partial charge in [0.1, 0.15) is 5.41 Å². The Kier molecular flexibility index (Phi) is 6.80. The second-order valence-electron chi connectivity index (χ2n) is 9.95. The number of halogens is 3. The van der Waals surface area contributed by atoms with Gasteiger partial charge in [-0.3, -0.25) is 9.78 Å². The molecule has 0 radical (unpaired) electrons. The van der Waals surface area contributed by atoms with Gasteiger partial charge in [-0.2, -0.15) is 23.5 Å². The first-order valence-electron chi connectivity index (χ1n) is 12.4. The summed E-state index contributed by atoms with van der Waals surface area (Å²) in [6, 6.07) is 7.87. The maximum Gasteiger partial charge on any atom is 0.417 e. The van der Waals surface area contributed by atoms with Gasteiger partial charge in [-0.25, -0.2) is 22.4 Å². The van der Waals surface area contributed by atoms with Crippen molar-refractivity contribution in [2.75, 3.05) is 13.1 Å². The van der Waals surface area contributed by atoms with Crippen molar-refractivity contribution in [3.05, 3.63) is 70.9 Å². The maximum atomic E-state index is 13.0. The Morgan fingerprint density at radius 3 is 2.36 bits per heavy atom. The van der Waals surface area contributed by atoms with Crippen LogP contribution in [0.4, 0.5) is 13.2 Å². The van der Waals surface area contributed by atoms with Gasteiger partial charge in [0.05, 0.1) is 40.0 Å². The minimum Gasteiger partial charge on any atom is -0.294 e. The van der Waals surface area contributed by atoms with Crippen LogP contribution in [0.25, 0.3) is 5.82 Å². The fraction of sp³-hybridized carbons (Fsp3) is 0.423. The van der Waals surface area contributed by atoms with E-state index in [9.17, 15) is 31.6 Å². The summed E-state index contributed by atoms with van der Waals surface area (Å²) in [5.74, 6) is -0.0999. The number of aromatic nitrogens is 4. The van der Waals surface area contributed by atoms with Crippen molar-refractivity contribution in [3.8, 4) is 11.9 Å². The molecule has 0 unspecified atom stereocenters. The number of hydrogen-bond donors (Lipinski definition) is 0. The van der Waals surface area contributed by atoms with E-state index in [1.165, 1.54) is 27.4 Å². The molecule has 3 aromatic rings. The van der Waals surface area contributed by atoms with Crippen molar-refractivity contribution >= 4 is 15.8 Å². The Morgan fingerprint density at radius 1 is 1.10 bits per heavy atom. The van der Waals surface area contributed by atoms with Crippen LogP contribution in [0.2, 0.25) is 0 Å². The third kappa shape index (κ3) is 5.18. The predicted molar refractivity (Wildman–Crippen MR) is 133 cm³/mol. The topological polar surface area (TPSA) is 122 Å². The fourth-order valence-corrected chi connectivity index (χ4v) is 6.66. The molecule has 5 rings (SSSR count). The van der Waals surface area contributed by atoms with E-state index in [1.807, 2.05) is 0 Å². The molecule has 4 heterocycles. The number of nitrogens with zero attached hydrogens (tertiary/aromatic N) is 6. The Labute approximate surface area is 223 Å². The van der Waals surface area contributed by atoms with Gasteiger partial charge in [-0.15, -0.1) is 0 Å². The van der Waals surface area contributed by atoms with Crippen molar-refractivity contribution < 1.29 is 26.4 Å². The van der Waals surface area contributed by atoms with Gasteiger partial charge in [-0.1, -0.05) is 6.07 Å². The lowest BCUT2D eigenvalue weighted by Crippen LogP contribution is -2.46. The average molecular weight is 559 g/mol. The quantitative estimate of drug-likeness (QED) is 0.405. The van der Waals surface area contributed by atoms with Crippen molar-refractivity contribution in [1.29, 1.82) is 5.26 Å². The molecule has 39 heavy (non-hydrogen) atoms. The van der Waals surface area contributed by atoms with Crippen molar-refractivity contribution in [1.82, 2.24) is 24.1 Å². The molecule has 1 saturated heterocycles. The summed E-state index contributed by atoms with van der Waals surface area (Å²) >= 11 is 0. The molecule has 0 bridgehead atoms. The monoisotopic (exact) mass is 558 g/mol. The van der Waals surface area contributed by atoms with Crippen LogP contribution >= 0.6 is 0 Å². The molecule has 9 nitrogen and oxygen atoms in total.